The van der Waals surface area contributed by atoms with E-state index in [2.05, 4.69) is 5.32 Å². The van der Waals surface area contributed by atoms with Crippen LogP contribution in [0.3, 0.4) is 0 Å². The topological polar surface area (TPSA) is 66.5 Å². The van der Waals surface area contributed by atoms with E-state index in [1.54, 1.807) is 13.2 Å². The number of aryl methyl sites for hydroxylation is 1. The van der Waals surface area contributed by atoms with Gasteiger partial charge in [-0.15, -0.1) is 0 Å². The minimum absolute atomic E-state index is 0.0541. The van der Waals surface area contributed by atoms with Gasteiger partial charge in [-0.3, -0.25) is 0 Å². The van der Waals surface area contributed by atoms with Gasteiger partial charge in [0.25, 0.3) is 0 Å². The summed E-state index contributed by atoms with van der Waals surface area (Å²) in [4.78, 5) is 13.4. The Morgan fingerprint density at radius 1 is 1.43 bits per heavy atom. The fraction of sp³-hybridized carbons (Fsp3) is 0.400. The first-order chi connectivity index (χ1) is 9.87. The molecule has 1 atom stereocenters. The lowest BCUT2D eigenvalue weighted by atomic mass is 10.1. The molecule has 1 aromatic carbocycles. The Morgan fingerprint density at radius 3 is 2.81 bits per heavy atom. The number of carbonyl (C=O) groups is 1. The molecular weight excluding hydrogens is 288 g/mol. The summed E-state index contributed by atoms with van der Waals surface area (Å²) in [6, 6.07) is 7.39. The molecule has 1 heterocycles. The molecule has 1 saturated heterocycles. The van der Waals surface area contributed by atoms with E-state index in [0.717, 1.165) is 11.1 Å². The maximum atomic E-state index is 12.0. The van der Waals surface area contributed by atoms with Gasteiger partial charge < -0.3 is 10.2 Å². The second-order valence-corrected chi connectivity index (χ2v) is 7.59. The molecule has 114 valence electrons. The third-order valence-corrected chi connectivity index (χ3v) is 5.35. The van der Waals surface area contributed by atoms with Crippen molar-refractivity contribution in [2.24, 2.45) is 0 Å². The Balaban J connectivity index is 1.90. The number of sulfone groups is 1. The van der Waals surface area contributed by atoms with E-state index in [1.807, 2.05) is 37.3 Å². The highest BCUT2D eigenvalue weighted by Gasteiger charge is 2.32. The van der Waals surface area contributed by atoms with Crippen LogP contribution in [-0.2, 0) is 9.84 Å². The summed E-state index contributed by atoms with van der Waals surface area (Å²) < 4.78 is 22.9. The number of carbonyl (C=O) groups excluding carboxylic acids is 1. The van der Waals surface area contributed by atoms with Crippen molar-refractivity contribution < 1.29 is 13.2 Å². The van der Waals surface area contributed by atoms with Gasteiger partial charge in [0.05, 0.1) is 11.5 Å². The molecule has 0 aromatic heterocycles. The summed E-state index contributed by atoms with van der Waals surface area (Å²) in [5, 5.41) is 2.67. The largest absolute Gasteiger partial charge is 0.324 e. The normalized spacial score (nSPS) is 20.6. The van der Waals surface area contributed by atoms with E-state index in [4.69, 9.17) is 0 Å². The van der Waals surface area contributed by atoms with Gasteiger partial charge in [-0.25, -0.2) is 13.2 Å². The van der Waals surface area contributed by atoms with Gasteiger partial charge in [-0.1, -0.05) is 29.8 Å². The Labute approximate surface area is 125 Å². The lowest BCUT2D eigenvalue weighted by molar-refractivity contribution is 0.199. The fourth-order valence-corrected chi connectivity index (χ4v) is 4.11. The van der Waals surface area contributed by atoms with Crippen LogP contribution in [0.2, 0.25) is 0 Å². The van der Waals surface area contributed by atoms with Crippen LogP contribution in [0, 0.1) is 6.92 Å². The summed E-state index contributed by atoms with van der Waals surface area (Å²) >= 11 is 0. The van der Waals surface area contributed by atoms with Gasteiger partial charge in [0.2, 0.25) is 0 Å². The molecule has 6 heteroatoms. The van der Waals surface area contributed by atoms with Gasteiger partial charge in [0.1, 0.15) is 0 Å². The zero-order valence-corrected chi connectivity index (χ0v) is 13.1. The van der Waals surface area contributed by atoms with Crippen LogP contribution in [0.5, 0.6) is 0 Å². The molecular formula is C15H20N2O3S. The highest BCUT2D eigenvalue weighted by molar-refractivity contribution is 7.91. The van der Waals surface area contributed by atoms with Gasteiger partial charge in [-0.2, -0.15) is 0 Å². The molecule has 1 aliphatic heterocycles. The molecule has 1 unspecified atom stereocenters. The third kappa shape index (κ3) is 4.32. The summed E-state index contributed by atoms with van der Waals surface area (Å²) in [5.41, 5.74) is 2.15. The highest BCUT2D eigenvalue weighted by atomic mass is 32.2. The van der Waals surface area contributed by atoms with E-state index in [9.17, 15) is 13.2 Å². The van der Waals surface area contributed by atoms with Crippen molar-refractivity contribution in [2.45, 2.75) is 19.4 Å². The van der Waals surface area contributed by atoms with Crippen LogP contribution in [0.25, 0.3) is 6.08 Å². The van der Waals surface area contributed by atoms with Crippen LogP contribution in [-0.4, -0.2) is 43.9 Å². The molecule has 2 rings (SSSR count). The van der Waals surface area contributed by atoms with Crippen LogP contribution in [0.15, 0.2) is 30.5 Å². The van der Waals surface area contributed by atoms with Crippen molar-refractivity contribution in [2.75, 3.05) is 18.6 Å². The van der Waals surface area contributed by atoms with Crippen LogP contribution in [0.1, 0.15) is 17.5 Å². The average Bonchev–Trinajstić information content (AvgIpc) is 2.78. The first-order valence-corrected chi connectivity index (χ1v) is 8.66. The van der Waals surface area contributed by atoms with Crippen molar-refractivity contribution >= 4 is 21.9 Å². The van der Waals surface area contributed by atoms with E-state index < -0.39 is 9.84 Å². The van der Waals surface area contributed by atoms with Crippen molar-refractivity contribution in [1.82, 2.24) is 10.2 Å². The predicted octanol–water partition coefficient (Wildman–Crippen LogP) is 1.79. The van der Waals surface area contributed by atoms with Crippen molar-refractivity contribution in [3.8, 4) is 0 Å². The van der Waals surface area contributed by atoms with Gasteiger partial charge in [0, 0.05) is 19.3 Å². The van der Waals surface area contributed by atoms with Crippen LogP contribution in [0.4, 0.5) is 4.79 Å². The minimum atomic E-state index is -2.98. The summed E-state index contributed by atoms with van der Waals surface area (Å²) in [5.74, 6) is 0.215. The lowest BCUT2D eigenvalue weighted by Gasteiger charge is -2.22. The molecule has 1 fully saturated rings. The second-order valence-electron chi connectivity index (χ2n) is 5.36. The molecule has 0 saturated carbocycles. The Morgan fingerprint density at radius 2 is 2.19 bits per heavy atom. The first-order valence-electron chi connectivity index (χ1n) is 6.84. The zero-order chi connectivity index (χ0) is 15.5. The Kier molecular flexibility index (Phi) is 4.67. The monoisotopic (exact) mass is 308 g/mol. The van der Waals surface area contributed by atoms with E-state index in [0.29, 0.717) is 6.42 Å². The van der Waals surface area contributed by atoms with Gasteiger partial charge in [0.15, 0.2) is 9.84 Å². The number of benzene rings is 1. The lowest BCUT2D eigenvalue weighted by Crippen LogP contribution is -2.42. The van der Waals surface area contributed by atoms with Crippen LogP contribution < -0.4 is 5.32 Å². The quantitative estimate of drug-likeness (QED) is 0.926. The fourth-order valence-electron chi connectivity index (χ4n) is 2.33. The first kappa shape index (κ1) is 15.6. The number of nitrogens with one attached hydrogen (secondary N) is 1. The zero-order valence-electron chi connectivity index (χ0n) is 12.2. The molecule has 1 aliphatic rings. The summed E-state index contributed by atoms with van der Waals surface area (Å²) in [6.45, 7) is 2.00. The Hall–Kier alpha value is -1.82. The van der Waals surface area contributed by atoms with Crippen molar-refractivity contribution in [1.29, 1.82) is 0 Å². The molecule has 21 heavy (non-hydrogen) atoms. The van der Waals surface area contributed by atoms with E-state index in [-0.39, 0.29) is 23.6 Å². The second kappa shape index (κ2) is 6.30. The van der Waals surface area contributed by atoms with Crippen molar-refractivity contribution in [3.05, 3.63) is 41.6 Å². The maximum absolute atomic E-state index is 12.0. The summed E-state index contributed by atoms with van der Waals surface area (Å²) in [7, 11) is -1.36. The standard InChI is InChI=1S/C15H20N2O3S/c1-12-4-3-5-13(10-12)6-8-16-15(18)17(2)14-7-9-21(19,20)11-14/h3-6,8,10,14H,7,9,11H2,1-2H3,(H,16,18)/b8-6+. The predicted molar refractivity (Wildman–Crippen MR) is 83.6 cm³/mol. The number of nitrogens with zero attached hydrogens (tertiary/aromatic N) is 1. The molecule has 0 spiro atoms. The highest BCUT2D eigenvalue weighted by Crippen LogP contribution is 2.16. The minimum Gasteiger partial charge on any atom is -0.324 e. The molecule has 2 amide bonds. The van der Waals surface area contributed by atoms with Gasteiger partial charge >= 0.3 is 6.03 Å². The van der Waals surface area contributed by atoms with E-state index >= 15 is 0 Å². The SMILES string of the molecule is Cc1cccc(/C=C/NC(=O)N(C)C2CCS(=O)(=O)C2)c1. The van der Waals surface area contributed by atoms with Crippen LogP contribution >= 0.6 is 0 Å². The molecule has 0 bridgehead atoms. The smallest absolute Gasteiger partial charge is 0.321 e. The van der Waals surface area contributed by atoms with E-state index in [1.165, 1.54) is 4.90 Å². The number of urea groups is 1. The number of amides is 2. The third-order valence-electron chi connectivity index (χ3n) is 3.60. The number of hydrogen-bond acceptors (Lipinski definition) is 3. The molecule has 0 radical (unpaired) electrons. The molecule has 0 aliphatic carbocycles. The van der Waals surface area contributed by atoms with Crippen molar-refractivity contribution in [3.63, 3.8) is 0 Å². The average molecular weight is 308 g/mol. The van der Waals surface area contributed by atoms with Gasteiger partial charge in [-0.05, 0) is 25.0 Å². The molecule has 1 aromatic rings. The Bertz CT molecular complexity index is 653. The number of rotatable bonds is 3. The molecule has 5 nitrogen and oxygen atoms in total. The molecule has 1 N–H and O–H groups in total. The number of hydrogen-bond donors (Lipinski definition) is 1. The summed E-state index contributed by atoms with van der Waals surface area (Å²) in [6.07, 6.45) is 3.90. The maximum Gasteiger partial charge on any atom is 0.321 e.